The minimum Gasteiger partial charge on any atom is -0.469 e. The van der Waals surface area contributed by atoms with E-state index >= 15 is 0 Å². The molecular formula is C17H36N2O3. The summed E-state index contributed by atoms with van der Waals surface area (Å²) in [6.07, 6.45) is 7.18. The molecule has 0 spiro atoms. The topological polar surface area (TPSA) is 58.6 Å². The molecule has 0 heterocycles. The van der Waals surface area contributed by atoms with Crippen LogP contribution in [0.4, 0.5) is 0 Å². The van der Waals surface area contributed by atoms with Crippen LogP contribution in [0.5, 0.6) is 0 Å². The lowest BCUT2D eigenvalue weighted by Crippen LogP contribution is -2.25. The number of unbranched alkanes of at least 4 members (excludes halogenated alkanes) is 4. The van der Waals surface area contributed by atoms with Crippen molar-refractivity contribution in [2.45, 2.75) is 65.2 Å². The van der Waals surface area contributed by atoms with Crippen molar-refractivity contribution in [1.82, 2.24) is 10.2 Å². The van der Waals surface area contributed by atoms with Gasteiger partial charge in [0.05, 0.1) is 7.11 Å². The number of ether oxygens (including phenoxy) is 1. The van der Waals surface area contributed by atoms with E-state index in [1.54, 1.807) is 0 Å². The van der Waals surface area contributed by atoms with E-state index in [2.05, 4.69) is 15.0 Å². The first-order valence-electron chi connectivity index (χ1n) is 8.54. The SMILES string of the molecule is CC.COC(=O)CCCCCCCNC(=O)CCCN(C)C. The molecule has 0 aromatic carbocycles. The highest BCUT2D eigenvalue weighted by Crippen LogP contribution is 2.05. The van der Waals surface area contributed by atoms with Crippen molar-refractivity contribution in [3.05, 3.63) is 0 Å². The van der Waals surface area contributed by atoms with Crippen LogP contribution in [0.3, 0.4) is 0 Å². The molecule has 0 aliphatic rings. The largest absolute Gasteiger partial charge is 0.469 e. The molecule has 0 saturated heterocycles. The third-order valence-corrected chi connectivity index (χ3v) is 3.12. The maximum atomic E-state index is 11.5. The molecule has 5 heteroatoms. The lowest BCUT2D eigenvalue weighted by Gasteiger charge is -2.09. The predicted molar refractivity (Wildman–Crippen MR) is 91.9 cm³/mol. The van der Waals surface area contributed by atoms with Crippen molar-refractivity contribution < 1.29 is 14.3 Å². The zero-order valence-corrected chi connectivity index (χ0v) is 15.2. The zero-order chi connectivity index (χ0) is 17.2. The van der Waals surface area contributed by atoms with E-state index in [0.717, 1.165) is 51.6 Å². The van der Waals surface area contributed by atoms with Gasteiger partial charge in [0, 0.05) is 19.4 Å². The summed E-state index contributed by atoms with van der Waals surface area (Å²) in [5.41, 5.74) is 0. The molecule has 0 bridgehead atoms. The minimum atomic E-state index is -0.130. The van der Waals surface area contributed by atoms with Crippen LogP contribution in [-0.2, 0) is 14.3 Å². The molecule has 0 aromatic rings. The fourth-order valence-corrected chi connectivity index (χ4v) is 1.90. The van der Waals surface area contributed by atoms with Crippen LogP contribution < -0.4 is 5.32 Å². The first-order chi connectivity index (χ1) is 10.6. The van der Waals surface area contributed by atoms with Gasteiger partial charge in [-0.1, -0.05) is 33.1 Å². The van der Waals surface area contributed by atoms with Crippen molar-refractivity contribution in [2.24, 2.45) is 0 Å². The van der Waals surface area contributed by atoms with Crippen LogP contribution in [0.25, 0.3) is 0 Å². The van der Waals surface area contributed by atoms with Crippen molar-refractivity contribution in [3.8, 4) is 0 Å². The molecule has 1 amide bonds. The van der Waals surface area contributed by atoms with Gasteiger partial charge >= 0.3 is 5.97 Å². The maximum absolute atomic E-state index is 11.5. The minimum absolute atomic E-state index is 0.130. The van der Waals surface area contributed by atoms with Crippen LogP contribution in [0.1, 0.15) is 65.2 Å². The Morgan fingerprint density at radius 1 is 0.909 bits per heavy atom. The van der Waals surface area contributed by atoms with Crippen LogP contribution >= 0.6 is 0 Å². The third-order valence-electron chi connectivity index (χ3n) is 3.12. The molecule has 0 radical (unpaired) electrons. The second-order valence-electron chi connectivity index (χ2n) is 5.35. The van der Waals surface area contributed by atoms with Crippen molar-refractivity contribution in [2.75, 3.05) is 34.3 Å². The molecule has 0 aliphatic carbocycles. The van der Waals surface area contributed by atoms with Gasteiger partial charge in [0.15, 0.2) is 0 Å². The van der Waals surface area contributed by atoms with Gasteiger partial charge in [-0.05, 0) is 39.9 Å². The van der Waals surface area contributed by atoms with Crippen LogP contribution in [0.2, 0.25) is 0 Å². The smallest absolute Gasteiger partial charge is 0.305 e. The number of nitrogens with zero attached hydrogens (tertiary/aromatic N) is 1. The zero-order valence-electron chi connectivity index (χ0n) is 15.2. The van der Waals surface area contributed by atoms with Gasteiger partial charge in [0.2, 0.25) is 5.91 Å². The molecule has 0 aliphatic heterocycles. The van der Waals surface area contributed by atoms with E-state index < -0.39 is 0 Å². The van der Waals surface area contributed by atoms with Gasteiger partial charge in [-0.25, -0.2) is 0 Å². The predicted octanol–water partition coefficient (Wildman–Crippen LogP) is 2.98. The van der Waals surface area contributed by atoms with E-state index in [-0.39, 0.29) is 11.9 Å². The number of hydrogen-bond donors (Lipinski definition) is 1. The summed E-state index contributed by atoms with van der Waals surface area (Å²) in [5, 5.41) is 2.94. The number of hydrogen-bond acceptors (Lipinski definition) is 4. The van der Waals surface area contributed by atoms with E-state index in [1.807, 2.05) is 27.9 Å². The molecule has 0 atom stereocenters. The second-order valence-corrected chi connectivity index (χ2v) is 5.35. The van der Waals surface area contributed by atoms with Crippen LogP contribution in [0, 0.1) is 0 Å². The average molecular weight is 316 g/mol. The van der Waals surface area contributed by atoms with Gasteiger partial charge in [-0.15, -0.1) is 0 Å². The third kappa shape index (κ3) is 18.9. The van der Waals surface area contributed by atoms with E-state index in [9.17, 15) is 9.59 Å². The van der Waals surface area contributed by atoms with Gasteiger partial charge in [-0.3, -0.25) is 9.59 Å². The molecule has 5 nitrogen and oxygen atoms in total. The van der Waals surface area contributed by atoms with Crippen molar-refractivity contribution in [1.29, 1.82) is 0 Å². The Balaban J connectivity index is 0. The Bertz CT molecular complexity index is 269. The number of carbonyl (C=O) groups is 2. The monoisotopic (exact) mass is 316 g/mol. The number of carbonyl (C=O) groups excluding carboxylic acids is 2. The number of esters is 1. The van der Waals surface area contributed by atoms with Gasteiger partial charge < -0.3 is 15.0 Å². The normalized spacial score (nSPS) is 9.91. The highest BCUT2D eigenvalue weighted by Gasteiger charge is 2.01. The van der Waals surface area contributed by atoms with Crippen molar-refractivity contribution >= 4 is 11.9 Å². The van der Waals surface area contributed by atoms with E-state index in [0.29, 0.717) is 12.8 Å². The standard InChI is InChI=1S/C15H30N2O3.C2H6/c1-17(2)13-9-10-14(18)16-12-8-6-4-5-7-11-15(19)20-3;1-2/h4-13H2,1-3H3,(H,16,18);1-2H3. The Morgan fingerprint density at radius 2 is 1.50 bits per heavy atom. The maximum Gasteiger partial charge on any atom is 0.305 e. The Hall–Kier alpha value is -1.10. The fourth-order valence-electron chi connectivity index (χ4n) is 1.90. The second kappa shape index (κ2) is 18.0. The van der Waals surface area contributed by atoms with Crippen molar-refractivity contribution in [3.63, 3.8) is 0 Å². The van der Waals surface area contributed by atoms with Crippen LogP contribution in [0.15, 0.2) is 0 Å². The van der Waals surface area contributed by atoms with Gasteiger partial charge in [0.1, 0.15) is 0 Å². The van der Waals surface area contributed by atoms with Crippen LogP contribution in [-0.4, -0.2) is 51.1 Å². The first kappa shape index (κ1) is 23.2. The Morgan fingerprint density at radius 3 is 2.09 bits per heavy atom. The molecule has 0 aromatic heterocycles. The highest BCUT2D eigenvalue weighted by atomic mass is 16.5. The quantitative estimate of drug-likeness (QED) is 0.444. The Kier molecular flexibility index (Phi) is 18.9. The molecule has 0 unspecified atom stereocenters. The summed E-state index contributed by atoms with van der Waals surface area (Å²) in [7, 11) is 5.44. The van der Waals surface area contributed by atoms with Gasteiger partial charge in [0.25, 0.3) is 0 Å². The molecule has 1 N–H and O–H groups in total. The number of amides is 1. The van der Waals surface area contributed by atoms with E-state index in [1.165, 1.54) is 7.11 Å². The summed E-state index contributed by atoms with van der Waals surface area (Å²) in [4.78, 5) is 24.4. The molecule has 22 heavy (non-hydrogen) atoms. The average Bonchev–Trinajstić information content (AvgIpc) is 2.51. The van der Waals surface area contributed by atoms with Gasteiger partial charge in [-0.2, -0.15) is 0 Å². The number of rotatable bonds is 12. The molecule has 0 fully saturated rings. The Labute approximate surface area is 136 Å². The molecule has 0 rings (SSSR count). The van der Waals surface area contributed by atoms with E-state index in [4.69, 9.17) is 0 Å². The number of nitrogens with one attached hydrogen (secondary N) is 1. The molecule has 132 valence electrons. The molecule has 0 saturated carbocycles. The first-order valence-corrected chi connectivity index (χ1v) is 8.54. The summed E-state index contributed by atoms with van der Waals surface area (Å²) in [5.74, 6) is 0.0209. The lowest BCUT2D eigenvalue weighted by atomic mass is 10.1. The summed E-state index contributed by atoms with van der Waals surface area (Å²) in [6, 6.07) is 0. The number of methoxy groups -OCH3 is 1. The molecular weight excluding hydrogens is 280 g/mol. The fraction of sp³-hybridized carbons (Fsp3) is 0.882. The highest BCUT2D eigenvalue weighted by molar-refractivity contribution is 5.75. The summed E-state index contributed by atoms with van der Waals surface area (Å²) < 4.78 is 4.58. The summed E-state index contributed by atoms with van der Waals surface area (Å²) >= 11 is 0. The lowest BCUT2D eigenvalue weighted by molar-refractivity contribution is -0.140. The summed E-state index contributed by atoms with van der Waals surface area (Å²) in [6.45, 7) is 5.71.